The lowest BCUT2D eigenvalue weighted by molar-refractivity contribution is -0.135. The van der Waals surface area contributed by atoms with Gasteiger partial charge in [-0.05, 0) is 36.4 Å². The molecule has 1 amide bonds. The number of carbonyl (C=O) groups excluding carboxylic acids is 1. The van der Waals surface area contributed by atoms with Gasteiger partial charge in [-0.2, -0.15) is 5.01 Å². The minimum Gasteiger partial charge on any atom is -0.497 e. The Hall–Kier alpha value is -2.93. The Balaban J connectivity index is 1.78. The second-order valence-electron chi connectivity index (χ2n) is 5.68. The van der Waals surface area contributed by atoms with Crippen molar-refractivity contribution in [2.75, 3.05) is 20.8 Å². The van der Waals surface area contributed by atoms with Crippen LogP contribution in [0.15, 0.2) is 47.6 Å². The lowest BCUT2D eigenvalue weighted by Crippen LogP contribution is -2.25. The maximum atomic E-state index is 12.0. The van der Waals surface area contributed by atoms with Gasteiger partial charge >= 0.3 is 0 Å². The van der Waals surface area contributed by atoms with Crippen LogP contribution in [0.1, 0.15) is 18.7 Å². The fraction of sp³-hybridized carbons (Fsp3) is 0.263. The highest BCUT2D eigenvalue weighted by Gasteiger charge is 2.34. The highest BCUT2D eigenvalue weighted by Crippen LogP contribution is 2.36. The van der Waals surface area contributed by atoms with Crippen LogP contribution in [0.25, 0.3) is 0 Å². The molecule has 7 nitrogen and oxygen atoms in total. The van der Waals surface area contributed by atoms with Crippen molar-refractivity contribution < 1.29 is 23.7 Å². The summed E-state index contributed by atoms with van der Waals surface area (Å²) in [6, 6.07) is 12.2. The van der Waals surface area contributed by atoms with E-state index in [1.807, 2.05) is 0 Å². The van der Waals surface area contributed by atoms with Gasteiger partial charge in [-0.3, -0.25) is 4.79 Å². The standard InChI is InChI=1S/C19H19ClN2O5/c1-12(23)22-19(16-9-8-15(24-2)10-17(16)25-3)27-18(21-22)11-26-14-6-4-13(20)5-7-14/h4-10,19H,11H2,1-3H3/t19-/m1/s1. The minimum absolute atomic E-state index is 0.0698. The van der Waals surface area contributed by atoms with E-state index >= 15 is 0 Å². The quantitative estimate of drug-likeness (QED) is 0.753. The van der Waals surface area contributed by atoms with Gasteiger partial charge in [-0.15, -0.1) is 5.10 Å². The zero-order chi connectivity index (χ0) is 19.4. The van der Waals surface area contributed by atoms with Crippen LogP contribution in [-0.2, 0) is 9.53 Å². The van der Waals surface area contributed by atoms with Crippen molar-refractivity contribution in [1.82, 2.24) is 5.01 Å². The third-order valence-corrected chi connectivity index (χ3v) is 4.15. The van der Waals surface area contributed by atoms with Crippen LogP contribution in [0.4, 0.5) is 0 Å². The molecule has 0 unspecified atom stereocenters. The van der Waals surface area contributed by atoms with Gasteiger partial charge in [0, 0.05) is 18.0 Å². The average Bonchev–Trinajstić information content (AvgIpc) is 3.11. The van der Waals surface area contributed by atoms with Crippen LogP contribution >= 0.6 is 11.6 Å². The zero-order valence-corrected chi connectivity index (χ0v) is 15.9. The Bertz CT molecular complexity index is 854. The number of halogens is 1. The molecule has 3 rings (SSSR count). The van der Waals surface area contributed by atoms with Crippen LogP contribution < -0.4 is 14.2 Å². The van der Waals surface area contributed by atoms with Gasteiger partial charge in [-0.25, -0.2) is 0 Å². The van der Waals surface area contributed by atoms with Crippen LogP contribution in [0.2, 0.25) is 5.02 Å². The molecule has 142 valence electrons. The summed E-state index contributed by atoms with van der Waals surface area (Å²) in [6.45, 7) is 1.49. The SMILES string of the molecule is COc1ccc([C@H]2OC(COc3ccc(Cl)cc3)=NN2C(C)=O)c(OC)c1. The minimum atomic E-state index is -0.743. The van der Waals surface area contributed by atoms with E-state index in [0.717, 1.165) is 0 Å². The lowest BCUT2D eigenvalue weighted by Gasteiger charge is -2.21. The fourth-order valence-corrected chi connectivity index (χ4v) is 2.69. The van der Waals surface area contributed by atoms with Gasteiger partial charge in [0.25, 0.3) is 0 Å². The molecule has 0 saturated carbocycles. The molecule has 0 aromatic heterocycles. The fourth-order valence-electron chi connectivity index (χ4n) is 2.57. The van der Waals surface area contributed by atoms with Crippen molar-refractivity contribution in [2.24, 2.45) is 5.10 Å². The van der Waals surface area contributed by atoms with Crippen LogP contribution in [-0.4, -0.2) is 37.6 Å². The van der Waals surface area contributed by atoms with Gasteiger partial charge in [0.2, 0.25) is 18.0 Å². The average molecular weight is 391 g/mol. The number of hydrazone groups is 1. The maximum Gasteiger partial charge on any atom is 0.247 e. The summed E-state index contributed by atoms with van der Waals surface area (Å²) in [5.41, 5.74) is 0.652. The van der Waals surface area contributed by atoms with Crippen molar-refractivity contribution in [2.45, 2.75) is 13.2 Å². The molecule has 2 aromatic rings. The van der Waals surface area contributed by atoms with E-state index in [1.54, 1.807) is 49.6 Å². The van der Waals surface area contributed by atoms with Crippen molar-refractivity contribution in [3.05, 3.63) is 53.1 Å². The van der Waals surface area contributed by atoms with E-state index in [0.29, 0.717) is 27.8 Å². The summed E-state index contributed by atoms with van der Waals surface area (Å²) < 4.78 is 22.1. The van der Waals surface area contributed by atoms with E-state index in [-0.39, 0.29) is 18.4 Å². The highest BCUT2D eigenvalue weighted by molar-refractivity contribution is 6.30. The van der Waals surface area contributed by atoms with Gasteiger partial charge in [0.1, 0.15) is 17.2 Å². The topological polar surface area (TPSA) is 69.6 Å². The van der Waals surface area contributed by atoms with Crippen LogP contribution in [0.5, 0.6) is 17.2 Å². The Kier molecular flexibility index (Phi) is 5.71. The molecular formula is C19H19ClN2O5. The number of amides is 1. The summed E-state index contributed by atoms with van der Waals surface area (Å²) in [7, 11) is 3.11. The van der Waals surface area contributed by atoms with E-state index in [4.69, 9.17) is 30.5 Å². The molecule has 0 fully saturated rings. The second-order valence-corrected chi connectivity index (χ2v) is 6.11. The lowest BCUT2D eigenvalue weighted by atomic mass is 10.1. The summed E-state index contributed by atoms with van der Waals surface area (Å²) in [6.07, 6.45) is -0.743. The number of carbonyl (C=O) groups is 1. The molecule has 1 aliphatic heterocycles. The van der Waals surface area contributed by atoms with Gasteiger partial charge in [-0.1, -0.05) is 11.6 Å². The molecule has 0 radical (unpaired) electrons. The third-order valence-electron chi connectivity index (χ3n) is 3.89. The molecular weight excluding hydrogens is 372 g/mol. The normalized spacial score (nSPS) is 15.8. The van der Waals surface area contributed by atoms with Crippen molar-refractivity contribution in [1.29, 1.82) is 0 Å². The summed E-state index contributed by atoms with van der Waals surface area (Å²) in [5, 5.41) is 6.11. The van der Waals surface area contributed by atoms with E-state index in [9.17, 15) is 4.79 Å². The Morgan fingerprint density at radius 3 is 2.48 bits per heavy atom. The molecule has 1 aliphatic rings. The smallest absolute Gasteiger partial charge is 0.247 e. The first kappa shape index (κ1) is 18.8. The number of hydrogen-bond acceptors (Lipinski definition) is 6. The first-order valence-electron chi connectivity index (χ1n) is 8.16. The molecule has 1 atom stereocenters. The van der Waals surface area contributed by atoms with Crippen LogP contribution in [0.3, 0.4) is 0 Å². The molecule has 0 aliphatic carbocycles. The van der Waals surface area contributed by atoms with Crippen molar-refractivity contribution >= 4 is 23.4 Å². The van der Waals surface area contributed by atoms with Gasteiger partial charge < -0.3 is 18.9 Å². The second kappa shape index (κ2) is 8.18. The highest BCUT2D eigenvalue weighted by atomic mass is 35.5. The number of benzene rings is 2. The van der Waals surface area contributed by atoms with Gasteiger partial charge in [0.05, 0.1) is 19.8 Å². The summed E-state index contributed by atoms with van der Waals surface area (Å²) >= 11 is 5.86. The Labute approximate surface area is 162 Å². The summed E-state index contributed by atoms with van der Waals surface area (Å²) in [4.78, 5) is 12.0. The Morgan fingerprint density at radius 2 is 1.85 bits per heavy atom. The van der Waals surface area contributed by atoms with Crippen LogP contribution in [0, 0.1) is 0 Å². The number of hydrogen-bond donors (Lipinski definition) is 0. The van der Waals surface area contributed by atoms with Crippen molar-refractivity contribution in [3.8, 4) is 17.2 Å². The van der Waals surface area contributed by atoms with Crippen molar-refractivity contribution in [3.63, 3.8) is 0 Å². The molecule has 0 bridgehead atoms. The zero-order valence-electron chi connectivity index (χ0n) is 15.1. The number of rotatable bonds is 6. The summed E-state index contributed by atoms with van der Waals surface area (Å²) in [5.74, 6) is 1.80. The molecule has 1 heterocycles. The molecule has 0 spiro atoms. The number of nitrogens with zero attached hydrogens (tertiary/aromatic N) is 2. The number of methoxy groups -OCH3 is 2. The first-order valence-corrected chi connectivity index (χ1v) is 8.54. The first-order chi connectivity index (χ1) is 13.0. The molecule has 2 aromatic carbocycles. The Morgan fingerprint density at radius 1 is 1.15 bits per heavy atom. The molecule has 27 heavy (non-hydrogen) atoms. The number of ether oxygens (including phenoxy) is 4. The van der Waals surface area contributed by atoms with E-state index in [1.165, 1.54) is 19.0 Å². The van der Waals surface area contributed by atoms with E-state index in [2.05, 4.69) is 5.10 Å². The molecule has 0 saturated heterocycles. The molecule has 8 heteroatoms. The monoisotopic (exact) mass is 390 g/mol. The maximum absolute atomic E-state index is 12.0. The van der Waals surface area contributed by atoms with Gasteiger partial charge in [0.15, 0.2) is 6.61 Å². The molecule has 0 N–H and O–H groups in total. The third kappa shape index (κ3) is 4.25. The van der Waals surface area contributed by atoms with E-state index < -0.39 is 6.23 Å². The predicted molar refractivity (Wildman–Crippen MR) is 100 cm³/mol. The largest absolute Gasteiger partial charge is 0.497 e. The predicted octanol–water partition coefficient (Wildman–Crippen LogP) is 3.63.